The number of halogens is 3. The maximum Gasteiger partial charge on any atom is 0.416 e. The van der Waals surface area contributed by atoms with Gasteiger partial charge in [-0.3, -0.25) is 0 Å². The molecule has 40 heavy (non-hydrogen) atoms. The fourth-order valence-corrected chi connectivity index (χ4v) is 7.38. The molecular formula is C25H19F3N4O5S3. The molecule has 0 radical (unpaired) electrons. The molecule has 1 unspecified atom stereocenters. The predicted octanol–water partition coefficient (Wildman–Crippen LogP) is 4.69. The summed E-state index contributed by atoms with van der Waals surface area (Å²) in [5.41, 5.74) is 1.59. The van der Waals surface area contributed by atoms with Crippen LogP contribution in [0, 0.1) is 0 Å². The average Bonchev–Trinajstić information content (AvgIpc) is 3.54. The molecule has 0 aliphatic heterocycles. The van der Waals surface area contributed by atoms with Crippen molar-refractivity contribution in [3.63, 3.8) is 0 Å². The minimum atomic E-state index is -4.57. The highest BCUT2D eigenvalue weighted by Gasteiger charge is 2.37. The Morgan fingerprint density at radius 3 is 2.35 bits per heavy atom. The van der Waals surface area contributed by atoms with Gasteiger partial charge >= 0.3 is 6.18 Å². The van der Waals surface area contributed by atoms with Gasteiger partial charge in [0.2, 0.25) is 22.7 Å². The van der Waals surface area contributed by atoms with Crippen LogP contribution >= 0.6 is 11.3 Å². The van der Waals surface area contributed by atoms with Gasteiger partial charge in [-0.2, -0.15) is 13.2 Å². The molecule has 1 atom stereocenters. The first-order valence-corrected chi connectivity index (χ1v) is 15.2. The Morgan fingerprint density at radius 2 is 1.68 bits per heavy atom. The number of alkyl halides is 3. The summed E-state index contributed by atoms with van der Waals surface area (Å²) in [7, 11) is -7.19. The fourth-order valence-electron chi connectivity index (χ4n) is 3.96. The number of hydrogen-bond donors (Lipinski definition) is 2. The Hall–Kier alpha value is -3.66. The zero-order valence-electron chi connectivity index (χ0n) is 20.2. The minimum absolute atomic E-state index is 0.116. The van der Waals surface area contributed by atoms with Crippen LogP contribution in [-0.4, -0.2) is 32.0 Å². The first-order chi connectivity index (χ1) is 19.0. The van der Waals surface area contributed by atoms with Crippen LogP contribution in [0.15, 0.2) is 77.2 Å². The molecule has 0 amide bonds. The number of thiol groups is 1. The Bertz CT molecular complexity index is 1830. The van der Waals surface area contributed by atoms with Gasteiger partial charge in [0, 0.05) is 0 Å². The van der Waals surface area contributed by atoms with Crippen LogP contribution in [0.2, 0.25) is 0 Å². The van der Waals surface area contributed by atoms with Crippen molar-refractivity contribution >= 4 is 42.3 Å². The first-order valence-electron chi connectivity index (χ1n) is 11.5. The van der Waals surface area contributed by atoms with E-state index in [2.05, 4.69) is 19.9 Å². The van der Waals surface area contributed by atoms with E-state index in [4.69, 9.17) is 4.42 Å². The zero-order chi connectivity index (χ0) is 28.5. The number of sulfone groups is 1. The van der Waals surface area contributed by atoms with Crippen LogP contribution in [0.5, 0.6) is 0 Å². The van der Waals surface area contributed by atoms with Gasteiger partial charge in [-0.25, -0.2) is 26.5 Å². The monoisotopic (exact) mass is 608 g/mol. The van der Waals surface area contributed by atoms with E-state index in [1.54, 1.807) is 6.07 Å². The molecule has 9 nitrogen and oxygen atoms in total. The summed E-state index contributed by atoms with van der Waals surface area (Å²) in [4.78, 5) is 4.51. The second kappa shape index (κ2) is 11.1. The maximum absolute atomic E-state index is 13.7. The third-order valence-electron chi connectivity index (χ3n) is 5.81. The normalized spacial score (nSPS) is 13.2. The molecule has 0 saturated heterocycles. The number of nitrogens with zero attached hydrogens (tertiary/aromatic N) is 3. The van der Waals surface area contributed by atoms with E-state index < -0.39 is 43.5 Å². The summed E-state index contributed by atoms with van der Waals surface area (Å²) >= 11 is 1.10. The Labute approximate surface area is 231 Å². The third kappa shape index (κ3) is 6.22. The maximum atomic E-state index is 13.7. The molecule has 0 bridgehead atoms. The molecule has 1 N–H and O–H groups in total. The highest BCUT2D eigenvalue weighted by Crippen LogP contribution is 2.38. The first kappa shape index (κ1) is 27.9. The Kier molecular flexibility index (Phi) is 7.72. The van der Waals surface area contributed by atoms with Crippen LogP contribution in [0.3, 0.4) is 0 Å². The summed E-state index contributed by atoms with van der Waals surface area (Å²) in [5.74, 6) is -1.15. The van der Waals surface area contributed by atoms with Crippen molar-refractivity contribution in [1.82, 2.24) is 19.9 Å². The van der Waals surface area contributed by atoms with E-state index in [1.807, 2.05) is 42.5 Å². The number of fused-ring (bicyclic) bond motifs is 1. The topological polar surface area (TPSA) is 132 Å². The van der Waals surface area contributed by atoms with Crippen molar-refractivity contribution in [3.05, 3.63) is 101 Å². The van der Waals surface area contributed by atoms with Crippen LogP contribution in [-0.2, 0) is 39.2 Å². The summed E-state index contributed by atoms with van der Waals surface area (Å²) < 4.78 is 96.5. The van der Waals surface area contributed by atoms with E-state index >= 15 is 0 Å². The summed E-state index contributed by atoms with van der Waals surface area (Å²) in [6.07, 6.45) is -4.57. The molecule has 0 aliphatic carbocycles. The van der Waals surface area contributed by atoms with Crippen LogP contribution in [0.4, 0.5) is 13.2 Å². The van der Waals surface area contributed by atoms with Crippen molar-refractivity contribution in [2.24, 2.45) is 0 Å². The SMILES string of the molecule is O=[SH](=O)NCc1nnc(C(c2nc3ccc(-c4ccccc4)cc3s2)S(=O)(=O)Cc2ccc(C(F)(F)F)cc2)o1. The number of thiazole rings is 1. The second-order valence-corrected chi connectivity index (χ2v) is 12.6. The molecule has 0 saturated carbocycles. The Balaban J connectivity index is 1.54. The highest BCUT2D eigenvalue weighted by molar-refractivity contribution is 7.91. The summed E-state index contributed by atoms with van der Waals surface area (Å²) in [5, 5.41) is 6.16. The van der Waals surface area contributed by atoms with Gasteiger partial charge in [0.25, 0.3) is 0 Å². The fraction of sp³-hybridized carbons (Fsp3) is 0.160. The number of hydrogen-bond acceptors (Lipinski definition) is 9. The molecule has 2 aromatic heterocycles. The van der Waals surface area contributed by atoms with Crippen LogP contribution in [0.1, 0.15) is 33.2 Å². The highest BCUT2D eigenvalue weighted by atomic mass is 32.2. The minimum Gasteiger partial charge on any atom is -0.422 e. The Morgan fingerprint density at radius 1 is 0.950 bits per heavy atom. The van der Waals surface area contributed by atoms with E-state index in [9.17, 15) is 30.0 Å². The lowest BCUT2D eigenvalue weighted by Gasteiger charge is -2.13. The van der Waals surface area contributed by atoms with Gasteiger partial charge in [-0.1, -0.05) is 48.5 Å². The molecule has 208 valence electrons. The van der Waals surface area contributed by atoms with Gasteiger partial charge in [0.15, 0.2) is 15.1 Å². The van der Waals surface area contributed by atoms with Gasteiger partial charge in [0.1, 0.15) is 5.01 Å². The van der Waals surface area contributed by atoms with E-state index in [0.717, 1.165) is 46.7 Å². The lowest BCUT2D eigenvalue weighted by Crippen LogP contribution is -2.17. The smallest absolute Gasteiger partial charge is 0.416 e. The molecular weight excluding hydrogens is 589 g/mol. The molecule has 0 spiro atoms. The summed E-state index contributed by atoms with van der Waals surface area (Å²) in [6.45, 7) is -0.350. The molecule has 5 aromatic rings. The predicted molar refractivity (Wildman–Crippen MR) is 142 cm³/mol. The number of benzene rings is 3. The average molecular weight is 609 g/mol. The zero-order valence-corrected chi connectivity index (χ0v) is 22.7. The second-order valence-electron chi connectivity index (χ2n) is 8.61. The van der Waals surface area contributed by atoms with E-state index in [1.165, 1.54) is 0 Å². The molecule has 3 aromatic carbocycles. The van der Waals surface area contributed by atoms with Gasteiger partial charge in [-0.05, 0) is 41.0 Å². The number of rotatable bonds is 9. The van der Waals surface area contributed by atoms with Crippen molar-refractivity contribution < 1.29 is 34.4 Å². The molecule has 0 fully saturated rings. The van der Waals surface area contributed by atoms with Crippen molar-refractivity contribution in [1.29, 1.82) is 0 Å². The van der Waals surface area contributed by atoms with Crippen LogP contribution < -0.4 is 4.72 Å². The molecule has 15 heteroatoms. The van der Waals surface area contributed by atoms with E-state index in [0.29, 0.717) is 10.2 Å². The summed E-state index contributed by atoms with van der Waals surface area (Å²) in [6, 6.07) is 18.8. The van der Waals surface area contributed by atoms with Gasteiger partial charge in [-0.15, -0.1) is 21.5 Å². The quantitative estimate of drug-likeness (QED) is 0.231. The standard InChI is InChI=1S/C25H19F3N4O5S3/c26-25(27,28)18-9-6-15(7-10-18)14-40(35,36)22(23-32-31-21(37-23)13-29-39(33)34)24-30-19-11-8-17(12-20(19)38-24)16-4-2-1-3-5-16/h1-12,22,39H,13-14H2,(H,29,33,34). The van der Waals surface area contributed by atoms with Gasteiger partial charge in [0.05, 0.1) is 28.1 Å². The number of aromatic nitrogens is 3. The number of nitrogens with one attached hydrogen (secondary N) is 1. The third-order valence-corrected chi connectivity index (χ3v) is 9.34. The van der Waals surface area contributed by atoms with E-state index in [-0.39, 0.29) is 28.9 Å². The molecule has 5 rings (SSSR count). The largest absolute Gasteiger partial charge is 0.422 e. The lowest BCUT2D eigenvalue weighted by atomic mass is 10.1. The van der Waals surface area contributed by atoms with Crippen molar-refractivity contribution in [2.45, 2.75) is 23.7 Å². The van der Waals surface area contributed by atoms with Gasteiger partial charge < -0.3 is 4.42 Å². The van der Waals surface area contributed by atoms with Crippen molar-refractivity contribution in [3.8, 4) is 11.1 Å². The molecule has 0 aliphatic rings. The molecule has 2 heterocycles. The van der Waals surface area contributed by atoms with Crippen LogP contribution in [0.25, 0.3) is 21.3 Å². The van der Waals surface area contributed by atoms with Crippen molar-refractivity contribution in [2.75, 3.05) is 0 Å². The lowest BCUT2D eigenvalue weighted by molar-refractivity contribution is -0.137.